The van der Waals surface area contributed by atoms with Crippen LogP contribution in [0.15, 0.2) is 40.9 Å². The monoisotopic (exact) mass is 558 g/mol. The Morgan fingerprint density at radius 3 is 2.44 bits per heavy atom. The van der Waals surface area contributed by atoms with E-state index in [1.165, 1.54) is 4.90 Å². The van der Waals surface area contributed by atoms with Gasteiger partial charge in [0.05, 0.1) is 18.1 Å². The minimum absolute atomic E-state index is 0.00725. The molecule has 0 aromatic heterocycles. The highest BCUT2D eigenvalue weighted by molar-refractivity contribution is 9.10. The molecule has 3 rings (SSSR count). The van der Waals surface area contributed by atoms with E-state index in [-0.39, 0.29) is 18.9 Å². The highest BCUT2D eigenvalue weighted by Gasteiger charge is 2.36. The summed E-state index contributed by atoms with van der Waals surface area (Å²) in [6, 6.07) is 10.1. The molecule has 36 heavy (non-hydrogen) atoms. The van der Waals surface area contributed by atoms with Crippen LogP contribution in [-0.2, 0) is 23.9 Å². The molecule has 0 spiro atoms. The highest BCUT2D eigenvalue weighted by atomic mass is 79.9. The lowest BCUT2D eigenvalue weighted by Crippen LogP contribution is -2.28. The van der Waals surface area contributed by atoms with Crippen molar-refractivity contribution in [3.8, 4) is 0 Å². The van der Waals surface area contributed by atoms with Crippen molar-refractivity contribution >= 4 is 51.1 Å². The predicted octanol–water partition coefficient (Wildman–Crippen LogP) is 4.95. The highest BCUT2D eigenvalue weighted by Crippen LogP contribution is 2.27. The number of nitrogens with zero attached hydrogens (tertiary/aromatic N) is 1. The lowest BCUT2D eigenvalue weighted by Gasteiger charge is -2.17. The zero-order chi connectivity index (χ0) is 26.2. The Bertz CT molecular complexity index is 1130. The molecule has 1 aliphatic rings. The zero-order valence-corrected chi connectivity index (χ0v) is 22.4. The summed E-state index contributed by atoms with van der Waals surface area (Å²) >= 11 is 3.45. The van der Waals surface area contributed by atoms with E-state index in [1.807, 2.05) is 19.9 Å². The molecule has 8 nitrogen and oxygen atoms in total. The summed E-state index contributed by atoms with van der Waals surface area (Å²) < 4.78 is 11.4. The number of anilines is 2. The Hall–Kier alpha value is -3.20. The van der Waals surface area contributed by atoms with E-state index in [2.05, 4.69) is 28.2 Å². The molecule has 0 radical (unpaired) electrons. The van der Waals surface area contributed by atoms with Crippen LogP contribution in [0.1, 0.15) is 54.1 Å². The normalized spacial score (nSPS) is 15.1. The Morgan fingerprint density at radius 2 is 1.75 bits per heavy atom. The van der Waals surface area contributed by atoms with E-state index < -0.39 is 30.4 Å². The third-order valence-electron chi connectivity index (χ3n) is 6.19. The number of hydrogen-bond donors (Lipinski definition) is 1. The number of esters is 2. The van der Waals surface area contributed by atoms with Gasteiger partial charge in [-0.15, -0.1) is 0 Å². The molecule has 1 aliphatic heterocycles. The maximum atomic E-state index is 12.5. The van der Waals surface area contributed by atoms with Gasteiger partial charge in [0.15, 0.2) is 6.61 Å². The molecular weight excluding hydrogens is 528 g/mol. The SMILES string of the molecule is CCCCCOC(=O)c1ccc(N2C[C@@H](C(=O)OCC(=O)Nc3ccc(Br)c(C)c3C)CC2=O)cc1. The number of nitrogens with one attached hydrogen (secondary N) is 1. The van der Waals surface area contributed by atoms with Gasteiger partial charge in [0.2, 0.25) is 5.91 Å². The molecule has 1 heterocycles. The number of benzene rings is 2. The third kappa shape index (κ3) is 6.94. The van der Waals surface area contributed by atoms with Crippen molar-refractivity contribution in [3.05, 3.63) is 57.6 Å². The number of halogens is 1. The quantitative estimate of drug-likeness (QED) is 0.327. The molecule has 0 aliphatic carbocycles. The van der Waals surface area contributed by atoms with Gasteiger partial charge < -0.3 is 19.7 Å². The van der Waals surface area contributed by atoms with Crippen LogP contribution in [0.5, 0.6) is 0 Å². The average molecular weight is 559 g/mol. The van der Waals surface area contributed by atoms with Crippen molar-refractivity contribution in [3.63, 3.8) is 0 Å². The molecule has 1 saturated heterocycles. The first kappa shape index (κ1) is 27.4. The number of hydrogen-bond acceptors (Lipinski definition) is 6. The van der Waals surface area contributed by atoms with Gasteiger partial charge >= 0.3 is 11.9 Å². The van der Waals surface area contributed by atoms with E-state index >= 15 is 0 Å². The summed E-state index contributed by atoms with van der Waals surface area (Å²) in [4.78, 5) is 51.0. The summed E-state index contributed by atoms with van der Waals surface area (Å²) in [7, 11) is 0. The van der Waals surface area contributed by atoms with Crippen LogP contribution < -0.4 is 10.2 Å². The van der Waals surface area contributed by atoms with Gasteiger partial charge in [-0.1, -0.05) is 35.7 Å². The number of carbonyl (C=O) groups excluding carboxylic acids is 4. The first-order valence-electron chi connectivity index (χ1n) is 12.0. The first-order chi connectivity index (χ1) is 17.2. The minimum atomic E-state index is -0.676. The number of rotatable bonds is 10. The number of unbranched alkanes of at least 4 members (excludes halogenated alkanes) is 2. The topological polar surface area (TPSA) is 102 Å². The van der Waals surface area contributed by atoms with E-state index in [0.29, 0.717) is 23.5 Å². The molecular formula is C27H31BrN2O6. The van der Waals surface area contributed by atoms with E-state index in [1.54, 1.807) is 30.3 Å². The van der Waals surface area contributed by atoms with E-state index in [0.717, 1.165) is 34.9 Å². The molecule has 0 unspecified atom stereocenters. The van der Waals surface area contributed by atoms with Crippen molar-refractivity contribution in [1.29, 1.82) is 0 Å². The number of ether oxygens (including phenoxy) is 2. The van der Waals surface area contributed by atoms with Crippen molar-refractivity contribution in [2.75, 3.05) is 30.0 Å². The number of amides is 2. The van der Waals surface area contributed by atoms with Crippen molar-refractivity contribution < 1.29 is 28.7 Å². The smallest absolute Gasteiger partial charge is 0.338 e. The van der Waals surface area contributed by atoms with Gasteiger partial charge in [0.25, 0.3) is 5.91 Å². The molecule has 2 aromatic carbocycles. The second-order valence-electron chi connectivity index (χ2n) is 8.80. The average Bonchev–Trinajstić information content (AvgIpc) is 3.27. The minimum Gasteiger partial charge on any atom is -0.462 e. The maximum absolute atomic E-state index is 12.5. The summed E-state index contributed by atoms with van der Waals surface area (Å²) in [5, 5.41) is 2.75. The van der Waals surface area contributed by atoms with Crippen LogP contribution in [0.3, 0.4) is 0 Å². The van der Waals surface area contributed by atoms with Gasteiger partial charge in [-0.05, 0) is 67.8 Å². The fraction of sp³-hybridized carbons (Fsp3) is 0.407. The van der Waals surface area contributed by atoms with Gasteiger partial charge in [-0.2, -0.15) is 0 Å². The molecule has 9 heteroatoms. The molecule has 0 bridgehead atoms. The second-order valence-corrected chi connectivity index (χ2v) is 9.65. The largest absolute Gasteiger partial charge is 0.462 e. The summed E-state index contributed by atoms with van der Waals surface area (Å²) in [5.41, 5.74) is 3.55. The van der Waals surface area contributed by atoms with Crippen LogP contribution in [0, 0.1) is 19.8 Å². The molecule has 1 N–H and O–H groups in total. The Kier molecular flexibility index (Phi) is 9.64. The second kappa shape index (κ2) is 12.7. The van der Waals surface area contributed by atoms with Crippen molar-refractivity contribution in [2.45, 2.75) is 46.5 Å². The number of carbonyl (C=O) groups is 4. The predicted molar refractivity (Wildman–Crippen MR) is 140 cm³/mol. The Balaban J connectivity index is 1.50. The van der Waals surface area contributed by atoms with Crippen LogP contribution in [-0.4, -0.2) is 43.5 Å². The van der Waals surface area contributed by atoms with Gasteiger partial charge in [-0.3, -0.25) is 14.4 Å². The molecule has 192 valence electrons. The summed E-state index contributed by atoms with van der Waals surface area (Å²) in [6.45, 7) is 5.99. The summed E-state index contributed by atoms with van der Waals surface area (Å²) in [5.74, 6) is -2.36. The summed E-state index contributed by atoms with van der Waals surface area (Å²) in [6.07, 6.45) is 2.86. The van der Waals surface area contributed by atoms with Gasteiger partial charge in [0.1, 0.15) is 0 Å². The lowest BCUT2D eigenvalue weighted by atomic mass is 10.1. The van der Waals surface area contributed by atoms with Crippen molar-refractivity contribution in [1.82, 2.24) is 0 Å². The van der Waals surface area contributed by atoms with Crippen molar-refractivity contribution in [2.24, 2.45) is 5.92 Å². The van der Waals surface area contributed by atoms with Crippen LogP contribution in [0.2, 0.25) is 0 Å². The Labute approximate surface area is 219 Å². The van der Waals surface area contributed by atoms with E-state index in [4.69, 9.17) is 9.47 Å². The van der Waals surface area contributed by atoms with Gasteiger partial charge in [0, 0.05) is 28.8 Å². The van der Waals surface area contributed by atoms with Gasteiger partial charge in [-0.25, -0.2) is 4.79 Å². The van der Waals surface area contributed by atoms with Crippen LogP contribution in [0.4, 0.5) is 11.4 Å². The molecule has 2 aromatic rings. The van der Waals surface area contributed by atoms with Crippen LogP contribution >= 0.6 is 15.9 Å². The standard InChI is InChI=1S/C27H31BrN2O6/c1-4-5-6-13-35-26(33)19-7-9-21(10-8-19)30-15-20(14-25(30)32)27(34)36-16-24(31)29-23-12-11-22(28)17(2)18(23)3/h7-12,20H,4-6,13-16H2,1-3H3,(H,29,31)/t20-/m0/s1. The molecule has 0 saturated carbocycles. The van der Waals surface area contributed by atoms with E-state index in [9.17, 15) is 19.2 Å². The molecule has 1 fully saturated rings. The van der Waals surface area contributed by atoms with Crippen LogP contribution in [0.25, 0.3) is 0 Å². The molecule has 1 atom stereocenters. The zero-order valence-electron chi connectivity index (χ0n) is 20.8. The Morgan fingerprint density at radius 1 is 1.03 bits per heavy atom. The fourth-order valence-corrected chi connectivity index (χ4v) is 4.29. The first-order valence-corrected chi connectivity index (χ1v) is 12.8. The lowest BCUT2D eigenvalue weighted by molar-refractivity contribution is -0.151. The third-order valence-corrected chi connectivity index (χ3v) is 7.05. The maximum Gasteiger partial charge on any atom is 0.338 e. The fourth-order valence-electron chi connectivity index (χ4n) is 3.86. The molecule has 2 amide bonds.